The van der Waals surface area contributed by atoms with E-state index in [0.29, 0.717) is 12.5 Å². The maximum atomic E-state index is 12.3. The molecule has 2 heterocycles. The summed E-state index contributed by atoms with van der Waals surface area (Å²) < 4.78 is 12.3. The molecular formula is C14H22FN3. The zero-order chi connectivity index (χ0) is 13.0. The summed E-state index contributed by atoms with van der Waals surface area (Å²) in [5, 5.41) is 0. The summed E-state index contributed by atoms with van der Waals surface area (Å²) in [5.41, 5.74) is 2.47. The zero-order valence-electron chi connectivity index (χ0n) is 11.3. The second-order valence-electron chi connectivity index (χ2n) is 5.15. The van der Waals surface area contributed by atoms with Gasteiger partial charge in [0.25, 0.3) is 0 Å². The van der Waals surface area contributed by atoms with Gasteiger partial charge in [0.1, 0.15) is 6.67 Å². The first-order chi connectivity index (χ1) is 8.70. The highest BCUT2D eigenvalue weighted by Crippen LogP contribution is 2.21. The lowest BCUT2D eigenvalue weighted by Gasteiger charge is -2.35. The van der Waals surface area contributed by atoms with Gasteiger partial charge in [-0.1, -0.05) is 13.8 Å². The van der Waals surface area contributed by atoms with Crippen molar-refractivity contribution in [2.45, 2.75) is 19.8 Å². The largest absolute Gasteiger partial charge is 0.368 e. The van der Waals surface area contributed by atoms with E-state index in [2.05, 4.69) is 34.7 Å². The van der Waals surface area contributed by atoms with E-state index in [1.165, 1.54) is 11.3 Å². The Morgan fingerprint density at radius 1 is 1.22 bits per heavy atom. The Bertz CT molecular complexity index is 373. The van der Waals surface area contributed by atoms with Crippen molar-refractivity contribution < 1.29 is 4.39 Å². The number of halogens is 1. The van der Waals surface area contributed by atoms with Crippen molar-refractivity contribution in [1.82, 2.24) is 9.88 Å². The summed E-state index contributed by atoms with van der Waals surface area (Å²) in [5.74, 6) is 0.505. The van der Waals surface area contributed by atoms with Gasteiger partial charge in [-0.2, -0.15) is 0 Å². The maximum Gasteiger partial charge on any atom is 0.102 e. The van der Waals surface area contributed by atoms with Gasteiger partial charge in [-0.25, -0.2) is 4.39 Å². The van der Waals surface area contributed by atoms with E-state index in [9.17, 15) is 4.39 Å². The Morgan fingerprint density at radius 3 is 2.56 bits per heavy atom. The third-order valence-corrected chi connectivity index (χ3v) is 3.55. The number of pyridine rings is 1. The third kappa shape index (κ3) is 3.19. The van der Waals surface area contributed by atoms with Crippen LogP contribution < -0.4 is 4.90 Å². The van der Waals surface area contributed by atoms with E-state index in [0.717, 1.165) is 26.2 Å². The molecule has 18 heavy (non-hydrogen) atoms. The summed E-state index contributed by atoms with van der Waals surface area (Å²) >= 11 is 0. The van der Waals surface area contributed by atoms with Crippen molar-refractivity contribution in [3.05, 3.63) is 24.0 Å². The van der Waals surface area contributed by atoms with E-state index in [1.54, 1.807) is 0 Å². The molecule has 1 aromatic heterocycles. The second-order valence-corrected chi connectivity index (χ2v) is 5.15. The number of aromatic nitrogens is 1. The van der Waals surface area contributed by atoms with Crippen LogP contribution in [-0.2, 0) is 0 Å². The van der Waals surface area contributed by atoms with Crippen molar-refractivity contribution in [2.75, 3.05) is 44.3 Å². The van der Waals surface area contributed by atoms with Crippen LogP contribution in [-0.4, -0.2) is 49.3 Å². The fourth-order valence-electron chi connectivity index (χ4n) is 2.28. The van der Waals surface area contributed by atoms with Gasteiger partial charge in [-0.3, -0.25) is 9.88 Å². The minimum atomic E-state index is -0.246. The SMILES string of the molecule is CC(C)c1cncc(N2CCN(CCF)CC2)c1. The van der Waals surface area contributed by atoms with Crippen LogP contribution in [0.4, 0.5) is 10.1 Å². The summed E-state index contributed by atoms with van der Waals surface area (Å²) in [7, 11) is 0. The number of alkyl halides is 1. The lowest BCUT2D eigenvalue weighted by atomic mass is 10.1. The highest BCUT2D eigenvalue weighted by Gasteiger charge is 2.17. The first-order valence-electron chi connectivity index (χ1n) is 6.69. The first-order valence-corrected chi connectivity index (χ1v) is 6.69. The Morgan fingerprint density at radius 2 is 1.94 bits per heavy atom. The first kappa shape index (κ1) is 13.3. The highest BCUT2D eigenvalue weighted by molar-refractivity contribution is 5.47. The topological polar surface area (TPSA) is 19.4 Å². The molecule has 2 rings (SSSR count). The predicted octanol–water partition coefficient (Wildman–Crippen LogP) is 2.30. The Hall–Kier alpha value is -1.16. The molecule has 1 aliphatic heterocycles. The molecule has 0 atom stereocenters. The molecule has 0 bridgehead atoms. The molecule has 0 aliphatic carbocycles. The van der Waals surface area contributed by atoms with Crippen molar-refractivity contribution in [1.29, 1.82) is 0 Å². The molecule has 0 saturated carbocycles. The van der Waals surface area contributed by atoms with E-state index in [4.69, 9.17) is 0 Å². The molecule has 0 radical (unpaired) electrons. The van der Waals surface area contributed by atoms with Gasteiger partial charge in [0.15, 0.2) is 0 Å². The summed E-state index contributed by atoms with van der Waals surface area (Å²) in [6.45, 7) is 8.49. The molecule has 0 aromatic carbocycles. The van der Waals surface area contributed by atoms with Gasteiger partial charge in [0.05, 0.1) is 11.9 Å². The van der Waals surface area contributed by atoms with Gasteiger partial charge in [-0.05, 0) is 17.5 Å². The average molecular weight is 251 g/mol. The molecular weight excluding hydrogens is 229 g/mol. The van der Waals surface area contributed by atoms with Gasteiger partial charge in [0, 0.05) is 38.9 Å². The molecule has 0 N–H and O–H groups in total. The van der Waals surface area contributed by atoms with E-state index in [-0.39, 0.29) is 6.67 Å². The normalized spacial score (nSPS) is 17.4. The van der Waals surface area contributed by atoms with Crippen LogP contribution in [0.25, 0.3) is 0 Å². The molecule has 1 aliphatic rings. The quantitative estimate of drug-likeness (QED) is 0.818. The fourth-order valence-corrected chi connectivity index (χ4v) is 2.28. The molecule has 0 amide bonds. The monoisotopic (exact) mass is 251 g/mol. The highest BCUT2D eigenvalue weighted by atomic mass is 19.1. The Balaban J connectivity index is 1.98. The van der Waals surface area contributed by atoms with Gasteiger partial charge in [0.2, 0.25) is 0 Å². The minimum absolute atomic E-state index is 0.246. The van der Waals surface area contributed by atoms with Gasteiger partial charge >= 0.3 is 0 Å². The standard InChI is InChI=1S/C14H22FN3/c1-12(2)13-9-14(11-16-10-13)18-7-5-17(4-3-15)6-8-18/h9-12H,3-8H2,1-2H3. The van der Waals surface area contributed by atoms with Crippen LogP contribution in [0.15, 0.2) is 18.5 Å². The van der Waals surface area contributed by atoms with Gasteiger partial charge in [-0.15, -0.1) is 0 Å². The minimum Gasteiger partial charge on any atom is -0.368 e. The van der Waals surface area contributed by atoms with Crippen LogP contribution in [0.2, 0.25) is 0 Å². The Kier molecular flexibility index (Phi) is 4.53. The number of hydrogen-bond acceptors (Lipinski definition) is 3. The van der Waals surface area contributed by atoms with Crippen LogP contribution in [0.3, 0.4) is 0 Å². The molecule has 1 fully saturated rings. The number of nitrogens with zero attached hydrogens (tertiary/aromatic N) is 3. The van der Waals surface area contributed by atoms with E-state index in [1.807, 2.05) is 12.4 Å². The molecule has 3 nitrogen and oxygen atoms in total. The van der Waals surface area contributed by atoms with Crippen molar-refractivity contribution in [3.8, 4) is 0 Å². The van der Waals surface area contributed by atoms with Gasteiger partial charge < -0.3 is 4.90 Å². The Labute approximate surface area is 109 Å². The third-order valence-electron chi connectivity index (χ3n) is 3.55. The molecule has 100 valence electrons. The molecule has 0 unspecified atom stereocenters. The molecule has 4 heteroatoms. The fraction of sp³-hybridized carbons (Fsp3) is 0.643. The van der Waals surface area contributed by atoms with E-state index < -0.39 is 0 Å². The maximum absolute atomic E-state index is 12.3. The summed E-state index contributed by atoms with van der Waals surface area (Å²) in [6.07, 6.45) is 3.87. The van der Waals surface area contributed by atoms with Crippen LogP contribution in [0, 0.1) is 0 Å². The van der Waals surface area contributed by atoms with Crippen LogP contribution in [0.1, 0.15) is 25.3 Å². The average Bonchev–Trinajstić information content (AvgIpc) is 2.40. The summed E-state index contributed by atoms with van der Waals surface area (Å²) in [4.78, 5) is 8.84. The zero-order valence-corrected chi connectivity index (χ0v) is 11.3. The van der Waals surface area contributed by atoms with E-state index >= 15 is 0 Å². The number of rotatable bonds is 4. The summed E-state index contributed by atoms with van der Waals surface area (Å²) in [6, 6.07) is 2.22. The van der Waals surface area contributed by atoms with Crippen molar-refractivity contribution >= 4 is 5.69 Å². The second kappa shape index (κ2) is 6.14. The molecule has 1 saturated heterocycles. The lowest BCUT2D eigenvalue weighted by molar-refractivity contribution is 0.235. The van der Waals surface area contributed by atoms with Crippen LogP contribution >= 0.6 is 0 Å². The predicted molar refractivity (Wildman–Crippen MR) is 73.0 cm³/mol. The lowest BCUT2D eigenvalue weighted by Crippen LogP contribution is -2.47. The number of anilines is 1. The molecule has 0 spiro atoms. The van der Waals surface area contributed by atoms with Crippen LogP contribution in [0.5, 0.6) is 0 Å². The van der Waals surface area contributed by atoms with Crippen molar-refractivity contribution in [2.24, 2.45) is 0 Å². The van der Waals surface area contributed by atoms with Crippen molar-refractivity contribution in [3.63, 3.8) is 0 Å². The molecule has 1 aromatic rings. The smallest absolute Gasteiger partial charge is 0.102 e. The number of hydrogen-bond donors (Lipinski definition) is 0. The number of piperazine rings is 1.